The zero-order valence-electron chi connectivity index (χ0n) is 14.1. The molecule has 5 nitrogen and oxygen atoms in total. The Bertz CT molecular complexity index is 1030. The van der Waals surface area contributed by atoms with Crippen LogP contribution in [0.25, 0.3) is 10.9 Å². The number of aryl methyl sites for hydroxylation is 2. The maximum Gasteiger partial charge on any atom is 0.261 e. The second kappa shape index (κ2) is 7.78. The molecular formula is C19H17BrFN3O2. The fourth-order valence-electron chi connectivity index (χ4n) is 2.68. The second-order valence-electron chi connectivity index (χ2n) is 5.98. The van der Waals surface area contributed by atoms with Crippen LogP contribution in [0.2, 0.25) is 0 Å². The van der Waals surface area contributed by atoms with Crippen LogP contribution in [-0.4, -0.2) is 15.5 Å². The van der Waals surface area contributed by atoms with Gasteiger partial charge in [0.15, 0.2) is 0 Å². The van der Waals surface area contributed by atoms with Crippen LogP contribution >= 0.6 is 15.9 Å². The van der Waals surface area contributed by atoms with E-state index >= 15 is 0 Å². The first-order valence-electron chi connectivity index (χ1n) is 8.11. The van der Waals surface area contributed by atoms with Crippen LogP contribution in [0.5, 0.6) is 0 Å². The molecule has 2 aromatic carbocycles. The molecule has 0 bridgehead atoms. The molecule has 1 aromatic heterocycles. The summed E-state index contributed by atoms with van der Waals surface area (Å²) in [6.45, 7) is 2.34. The fraction of sp³-hybridized carbons (Fsp3) is 0.211. The molecular weight excluding hydrogens is 401 g/mol. The van der Waals surface area contributed by atoms with Crippen molar-refractivity contribution < 1.29 is 9.18 Å². The number of hydrogen-bond donors (Lipinski definition) is 1. The van der Waals surface area contributed by atoms with Crippen LogP contribution in [0.15, 0.2) is 52.0 Å². The van der Waals surface area contributed by atoms with Gasteiger partial charge in [0.25, 0.3) is 5.56 Å². The van der Waals surface area contributed by atoms with Crippen molar-refractivity contribution in [2.45, 2.75) is 26.4 Å². The highest BCUT2D eigenvalue weighted by Crippen LogP contribution is 2.17. The predicted octanol–water partition coefficient (Wildman–Crippen LogP) is 3.31. The van der Waals surface area contributed by atoms with Gasteiger partial charge in [-0.15, -0.1) is 0 Å². The van der Waals surface area contributed by atoms with E-state index in [1.807, 2.05) is 19.1 Å². The first-order chi connectivity index (χ1) is 12.5. The molecule has 0 spiro atoms. The Labute approximate surface area is 158 Å². The molecule has 0 aliphatic rings. The van der Waals surface area contributed by atoms with Crippen LogP contribution in [0.3, 0.4) is 0 Å². The van der Waals surface area contributed by atoms with Gasteiger partial charge in [0, 0.05) is 24.0 Å². The van der Waals surface area contributed by atoms with Crippen molar-refractivity contribution in [2.24, 2.45) is 0 Å². The average Bonchev–Trinajstić information content (AvgIpc) is 2.62. The van der Waals surface area contributed by atoms with Gasteiger partial charge in [0.1, 0.15) is 5.82 Å². The zero-order valence-corrected chi connectivity index (χ0v) is 15.7. The number of nitrogens with zero attached hydrogens (tertiary/aromatic N) is 2. The molecule has 0 atom stereocenters. The van der Waals surface area contributed by atoms with Crippen molar-refractivity contribution in [2.75, 3.05) is 0 Å². The first-order valence-corrected chi connectivity index (χ1v) is 8.90. The summed E-state index contributed by atoms with van der Waals surface area (Å²) in [6, 6.07) is 9.75. The Morgan fingerprint density at radius 2 is 2.12 bits per heavy atom. The molecule has 0 fully saturated rings. The van der Waals surface area contributed by atoms with E-state index in [1.165, 1.54) is 23.0 Å². The van der Waals surface area contributed by atoms with Crippen LogP contribution in [-0.2, 0) is 17.9 Å². The van der Waals surface area contributed by atoms with Gasteiger partial charge in [-0.2, -0.15) is 0 Å². The number of carbonyl (C=O) groups is 1. The molecule has 1 heterocycles. The maximum absolute atomic E-state index is 13.3. The highest BCUT2D eigenvalue weighted by atomic mass is 79.9. The van der Waals surface area contributed by atoms with E-state index in [2.05, 4.69) is 26.2 Å². The van der Waals surface area contributed by atoms with Gasteiger partial charge < -0.3 is 5.32 Å². The standard InChI is InChI=1S/C19H17BrFN3O2/c1-12-3-2-4-15-18(12)23-11-24(19(15)26)8-7-17(25)22-10-13-9-14(21)5-6-16(13)20/h2-6,9,11H,7-8,10H2,1H3,(H,22,25). The quantitative estimate of drug-likeness (QED) is 0.692. The van der Waals surface area contributed by atoms with Gasteiger partial charge in [0.2, 0.25) is 5.91 Å². The predicted molar refractivity (Wildman–Crippen MR) is 101 cm³/mol. The van der Waals surface area contributed by atoms with Crippen molar-refractivity contribution in [3.63, 3.8) is 0 Å². The lowest BCUT2D eigenvalue weighted by Crippen LogP contribution is -2.27. The molecule has 0 saturated heterocycles. The smallest absolute Gasteiger partial charge is 0.261 e. The van der Waals surface area contributed by atoms with Crippen LogP contribution in [0.4, 0.5) is 4.39 Å². The lowest BCUT2D eigenvalue weighted by molar-refractivity contribution is -0.121. The Hall–Kier alpha value is -2.54. The second-order valence-corrected chi connectivity index (χ2v) is 6.83. The fourth-order valence-corrected chi connectivity index (χ4v) is 3.07. The van der Waals surface area contributed by atoms with E-state index < -0.39 is 0 Å². The SMILES string of the molecule is Cc1cccc2c(=O)n(CCC(=O)NCc3cc(F)ccc3Br)cnc12. The minimum atomic E-state index is -0.360. The maximum atomic E-state index is 13.3. The van der Waals surface area contributed by atoms with E-state index in [4.69, 9.17) is 0 Å². The van der Waals surface area contributed by atoms with Gasteiger partial charge in [-0.3, -0.25) is 14.2 Å². The van der Waals surface area contributed by atoms with E-state index in [1.54, 1.807) is 12.1 Å². The van der Waals surface area contributed by atoms with E-state index in [9.17, 15) is 14.0 Å². The van der Waals surface area contributed by atoms with Crippen molar-refractivity contribution in [1.29, 1.82) is 0 Å². The summed E-state index contributed by atoms with van der Waals surface area (Å²) in [5.74, 6) is -0.584. The van der Waals surface area contributed by atoms with Crippen LogP contribution in [0.1, 0.15) is 17.5 Å². The molecule has 0 aliphatic heterocycles. The van der Waals surface area contributed by atoms with E-state index in [0.717, 1.165) is 10.0 Å². The number of para-hydroxylation sites is 1. The summed E-state index contributed by atoms with van der Waals surface area (Å²) < 4.78 is 15.4. The van der Waals surface area contributed by atoms with Gasteiger partial charge in [-0.05, 0) is 42.3 Å². The molecule has 134 valence electrons. The van der Waals surface area contributed by atoms with Crippen molar-refractivity contribution in [3.05, 3.63) is 74.5 Å². The molecule has 26 heavy (non-hydrogen) atoms. The number of rotatable bonds is 5. The molecule has 0 radical (unpaired) electrons. The van der Waals surface area contributed by atoms with Crippen LogP contribution in [0, 0.1) is 12.7 Å². The van der Waals surface area contributed by atoms with Gasteiger partial charge in [-0.25, -0.2) is 9.37 Å². The third-order valence-corrected chi connectivity index (χ3v) is 4.89. The number of amides is 1. The summed E-state index contributed by atoms with van der Waals surface area (Å²) in [7, 11) is 0. The number of nitrogens with one attached hydrogen (secondary N) is 1. The number of fused-ring (bicyclic) bond motifs is 1. The van der Waals surface area contributed by atoms with E-state index in [0.29, 0.717) is 16.5 Å². The highest BCUT2D eigenvalue weighted by molar-refractivity contribution is 9.10. The Morgan fingerprint density at radius 3 is 2.92 bits per heavy atom. The highest BCUT2D eigenvalue weighted by Gasteiger charge is 2.09. The van der Waals surface area contributed by atoms with Crippen molar-refractivity contribution in [3.8, 4) is 0 Å². The lowest BCUT2D eigenvalue weighted by atomic mass is 10.1. The molecule has 1 amide bonds. The Kier molecular flexibility index (Phi) is 5.46. The minimum absolute atomic E-state index is 0.131. The molecule has 0 saturated carbocycles. The summed E-state index contributed by atoms with van der Waals surface area (Å²) in [4.78, 5) is 28.9. The van der Waals surface area contributed by atoms with E-state index in [-0.39, 0.29) is 36.8 Å². The molecule has 3 aromatic rings. The third-order valence-electron chi connectivity index (χ3n) is 4.12. The molecule has 0 aliphatic carbocycles. The van der Waals surface area contributed by atoms with Crippen LogP contribution < -0.4 is 10.9 Å². The molecule has 0 unspecified atom stereocenters. The largest absolute Gasteiger partial charge is 0.352 e. The van der Waals surface area contributed by atoms with Gasteiger partial charge in [-0.1, -0.05) is 28.1 Å². The average molecular weight is 418 g/mol. The summed E-state index contributed by atoms with van der Waals surface area (Å²) in [6.07, 6.45) is 1.60. The molecule has 3 rings (SSSR count). The first kappa shape index (κ1) is 18.3. The summed E-state index contributed by atoms with van der Waals surface area (Å²) in [5, 5.41) is 3.27. The Balaban J connectivity index is 1.65. The minimum Gasteiger partial charge on any atom is -0.352 e. The third kappa shape index (κ3) is 3.99. The number of benzene rings is 2. The molecule has 7 heteroatoms. The molecule has 1 N–H and O–H groups in total. The zero-order chi connectivity index (χ0) is 18.7. The summed E-state index contributed by atoms with van der Waals surface area (Å²) in [5.41, 5.74) is 2.09. The topological polar surface area (TPSA) is 64.0 Å². The van der Waals surface area contributed by atoms with Crippen molar-refractivity contribution >= 4 is 32.7 Å². The van der Waals surface area contributed by atoms with Gasteiger partial charge >= 0.3 is 0 Å². The van der Waals surface area contributed by atoms with Gasteiger partial charge in [0.05, 0.1) is 17.2 Å². The number of halogens is 2. The van der Waals surface area contributed by atoms with Crippen molar-refractivity contribution in [1.82, 2.24) is 14.9 Å². The number of hydrogen-bond acceptors (Lipinski definition) is 3. The Morgan fingerprint density at radius 1 is 1.31 bits per heavy atom. The monoisotopic (exact) mass is 417 g/mol. The number of carbonyl (C=O) groups excluding carboxylic acids is 1. The number of aromatic nitrogens is 2. The lowest BCUT2D eigenvalue weighted by Gasteiger charge is -2.09. The summed E-state index contributed by atoms with van der Waals surface area (Å²) >= 11 is 3.32. The normalized spacial score (nSPS) is 10.9.